The summed E-state index contributed by atoms with van der Waals surface area (Å²) in [6, 6.07) is 7.57. The van der Waals surface area contributed by atoms with Gasteiger partial charge in [-0.2, -0.15) is 0 Å². The minimum Gasteiger partial charge on any atom is -0.351 e. The second-order valence-electron chi connectivity index (χ2n) is 4.98. The molecule has 3 rings (SSSR count). The summed E-state index contributed by atoms with van der Waals surface area (Å²) < 4.78 is 1.16. The van der Waals surface area contributed by atoms with Gasteiger partial charge < -0.3 is 10.6 Å². The summed E-state index contributed by atoms with van der Waals surface area (Å²) in [5.41, 5.74) is 0.996. The molecule has 0 unspecified atom stereocenters. The smallest absolute Gasteiger partial charge is 0.279 e. The SMILES string of the molecule is C[C@H](Cc1nc2ccccc2s1)NC(=O)[C@H]1CSC(=O)N1. The van der Waals surface area contributed by atoms with Crippen molar-refractivity contribution in [3.8, 4) is 0 Å². The molecule has 1 aliphatic rings. The van der Waals surface area contributed by atoms with Gasteiger partial charge in [0.25, 0.3) is 5.24 Å². The van der Waals surface area contributed by atoms with Crippen LogP contribution in [-0.4, -0.2) is 34.0 Å². The first-order chi connectivity index (χ1) is 10.1. The predicted octanol–water partition coefficient (Wildman–Crippen LogP) is 2.17. The van der Waals surface area contributed by atoms with Crippen LogP contribution in [0.1, 0.15) is 11.9 Å². The van der Waals surface area contributed by atoms with E-state index < -0.39 is 6.04 Å². The number of aromatic nitrogens is 1. The second kappa shape index (κ2) is 6.03. The lowest BCUT2D eigenvalue weighted by Crippen LogP contribution is -2.46. The standard InChI is InChI=1S/C14H15N3O2S2/c1-8(15-13(18)10-7-20-14(19)17-10)6-12-16-9-4-2-3-5-11(9)21-12/h2-5,8,10H,6-7H2,1H3,(H,15,18)(H,17,19)/t8-,10-/m1/s1. The molecule has 110 valence electrons. The molecule has 2 heterocycles. The Morgan fingerprint density at radius 2 is 2.33 bits per heavy atom. The maximum Gasteiger partial charge on any atom is 0.279 e. The van der Waals surface area contributed by atoms with Gasteiger partial charge in [0.05, 0.1) is 15.2 Å². The van der Waals surface area contributed by atoms with Crippen LogP contribution in [0.2, 0.25) is 0 Å². The zero-order chi connectivity index (χ0) is 14.8. The van der Waals surface area contributed by atoms with E-state index in [1.807, 2.05) is 31.2 Å². The molecule has 2 amide bonds. The quantitative estimate of drug-likeness (QED) is 0.905. The minimum atomic E-state index is -0.416. The van der Waals surface area contributed by atoms with Gasteiger partial charge in [0.1, 0.15) is 6.04 Å². The molecule has 2 aromatic rings. The van der Waals surface area contributed by atoms with Crippen molar-refractivity contribution in [2.75, 3.05) is 5.75 Å². The molecular weight excluding hydrogens is 306 g/mol. The van der Waals surface area contributed by atoms with Gasteiger partial charge in [0, 0.05) is 18.2 Å². The summed E-state index contributed by atoms with van der Waals surface area (Å²) in [5.74, 6) is 0.375. The Morgan fingerprint density at radius 3 is 3.05 bits per heavy atom. The van der Waals surface area contributed by atoms with Crippen LogP contribution >= 0.6 is 23.1 Å². The maximum absolute atomic E-state index is 12.0. The third-order valence-electron chi connectivity index (χ3n) is 3.20. The van der Waals surface area contributed by atoms with Crippen LogP contribution in [-0.2, 0) is 11.2 Å². The number of nitrogens with zero attached hydrogens (tertiary/aromatic N) is 1. The number of hydrogen-bond acceptors (Lipinski definition) is 5. The molecule has 1 aromatic heterocycles. The van der Waals surface area contributed by atoms with Crippen molar-refractivity contribution in [1.29, 1.82) is 0 Å². The number of benzene rings is 1. The molecular formula is C14H15N3O2S2. The third kappa shape index (κ3) is 3.36. The number of rotatable bonds is 4. The van der Waals surface area contributed by atoms with Gasteiger partial charge in [-0.15, -0.1) is 11.3 Å². The van der Waals surface area contributed by atoms with Gasteiger partial charge in [-0.3, -0.25) is 9.59 Å². The summed E-state index contributed by atoms with van der Waals surface area (Å²) in [5, 5.41) is 6.46. The van der Waals surface area contributed by atoms with Crippen molar-refractivity contribution in [3.05, 3.63) is 29.3 Å². The van der Waals surface area contributed by atoms with E-state index in [2.05, 4.69) is 15.6 Å². The highest BCUT2D eigenvalue weighted by Crippen LogP contribution is 2.22. The largest absolute Gasteiger partial charge is 0.351 e. The van der Waals surface area contributed by atoms with Crippen molar-refractivity contribution in [2.24, 2.45) is 0 Å². The van der Waals surface area contributed by atoms with Gasteiger partial charge in [-0.05, 0) is 19.1 Å². The van der Waals surface area contributed by atoms with Gasteiger partial charge in [-0.1, -0.05) is 23.9 Å². The lowest BCUT2D eigenvalue weighted by molar-refractivity contribution is -0.122. The van der Waals surface area contributed by atoms with Gasteiger partial charge in [-0.25, -0.2) is 4.98 Å². The first kappa shape index (κ1) is 14.3. The summed E-state index contributed by atoms with van der Waals surface area (Å²) >= 11 is 2.80. The molecule has 1 fully saturated rings. The maximum atomic E-state index is 12.0. The number of carbonyl (C=O) groups is 2. The Balaban J connectivity index is 1.59. The lowest BCUT2D eigenvalue weighted by atomic mass is 10.2. The summed E-state index contributed by atoms with van der Waals surface area (Å²) in [6.07, 6.45) is 0.693. The van der Waals surface area contributed by atoms with E-state index >= 15 is 0 Å². The second-order valence-corrected chi connectivity index (χ2v) is 7.09. The predicted molar refractivity (Wildman–Crippen MR) is 85.7 cm³/mol. The van der Waals surface area contributed by atoms with Crippen molar-refractivity contribution in [3.63, 3.8) is 0 Å². The number of nitrogens with one attached hydrogen (secondary N) is 2. The van der Waals surface area contributed by atoms with E-state index in [4.69, 9.17) is 0 Å². The van der Waals surface area contributed by atoms with Crippen molar-refractivity contribution >= 4 is 44.5 Å². The van der Waals surface area contributed by atoms with Crippen LogP contribution in [0.3, 0.4) is 0 Å². The van der Waals surface area contributed by atoms with E-state index in [0.717, 1.165) is 27.0 Å². The molecule has 1 saturated heterocycles. The van der Waals surface area contributed by atoms with Gasteiger partial charge >= 0.3 is 0 Å². The van der Waals surface area contributed by atoms with E-state index in [1.165, 1.54) is 0 Å². The Morgan fingerprint density at radius 1 is 1.52 bits per heavy atom. The number of thiazole rings is 1. The molecule has 5 nitrogen and oxygen atoms in total. The fourth-order valence-electron chi connectivity index (χ4n) is 2.19. The van der Waals surface area contributed by atoms with Crippen LogP contribution in [0.15, 0.2) is 24.3 Å². The molecule has 21 heavy (non-hydrogen) atoms. The van der Waals surface area contributed by atoms with Crippen molar-refractivity contribution in [1.82, 2.24) is 15.6 Å². The number of amides is 2. The van der Waals surface area contributed by atoms with E-state index in [0.29, 0.717) is 12.2 Å². The van der Waals surface area contributed by atoms with E-state index in [-0.39, 0.29) is 17.2 Å². The Labute approximate surface area is 130 Å². The zero-order valence-electron chi connectivity index (χ0n) is 11.5. The van der Waals surface area contributed by atoms with Crippen LogP contribution in [0, 0.1) is 0 Å². The molecule has 1 aliphatic heterocycles. The van der Waals surface area contributed by atoms with Crippen LogP contribution in [0.4, 0.5) is 4.79 Å². The molecule has 2 atom stereocenters. The van der Waals surface area contributed by atoms with E-state index in [1.54, 1.807) is 11.3 Å². The molecule has 2 N–H and O–H groups in total. The molecule has 0 bridgehead atoms. The summed E-state index contributed by atoms with van der Waals surface area (Å²) in [4.78, 5) is 27.7. The summed E-state index contributed by atoms with van der Waals surface area (Å²) in [7, 11) is 0. The molecule has 1 aromatic carbocycles. The fourth-order valence-corrected chi connectivity index (χ4v) is 4.06. The number of carbonyl (C=O) groups excluding carboxylic acids is 2. The molecule has 0 saturated carbocycles. The number of para-hydroxylation sites is 1. The first-order valence-electron chi connectivity index (χ1n) is 6.70. The topological polar surface area (TPSA) is 71.1 Å². The van der Waals surface area contributed by atoms with Gasteiger partial charge in [0.15, 0.2) is 0 Å². The van der Waals surface area contributed by atoms with Crippen LogP contribution in [0.25, 0.3) is 10.2 Å². The average molecular weight is 321 g/mol. The monoisotopic (exact) mass is 321 g/mol. The van der Waals surface area contributed by atoms with Gasteiger partial charge in [0.2, 0.25) is 5.91 Å². The molecule has 0 aliphatic carbocycles. The molecule has 0 radical (unpaired) electrons. The molecule has 7 heteroatoms. The van der Waals surface area contributed by atoms with Crippen molar-refractivity contribution in [2.45, 2.75) is 25.4 Å². The van der Waals surface area contributed by atoms with E-state index in [9.17, 15) is 9.59 Å². The lowest BCUT2D eigenvalue weighted by Gasteiger charge is -2.15. The highest BCUT2D eigenvalue weighted by atomic mass is 32.2. The number of fused-ring (bicyclic) bond motifs is 1. The van der Waals surface area contributed by atoms with Crippen LogP contribution in [0.5, 0.6) is 0 Å². The minimum absolute atomic E-state index is 0.0134. The first-order valence-corrected chi connectivity index (χ1v) is 8.50. The molecule has 0 spiro atoms. The average Bonchev–Trinajstić information content (AvgIpc) is 3.03. The Bertz CT molecular complexity index is 653. The normalized spacial score (nSPS) is 19.5. The van der Waals surface area contributed by atoms with Crippen LogP contribution < -0.4 is 10.6 Å². The fraction of sp³-hybridized carbons (Fsp3) is 0.357. The number of hydrogen-bond donors (Lipinski definition) is 2. The Hall–Kier alpha value is -1.60. The zero-order valence-corrected chi connectivity index (χ0v) is 13.1. The summed E-state index contributed by atoms with van der Waals surface area (Å²) in [6.45, 7) is 1.95. The van der Waals surface area contributed by atoms with Crippen molar-refractivity contribution < 1.29 is 9.59 Å². The number of thioether (sulfide) groups is 1. The highest BCUT2D eigenvalue weighted by molar-refractivity contribution is 8.14. The highest BCUT2D eigenvalue weighted by Gasteiger charge is 2.28. The third-order valence-corrected chi connectivity index (χ3v) is 5.14. The Kier molecular flexibility index (Phi) is 4.12.